The molecule has 1 amide bonds. The quantitative estimate of drug-likeness (QED) is 0.761. The van der Waals surface area contributed by atoms with Gasteiger partial charge < -0.3 is 19.1 Å². The van der Waals surface area contributed by atoms with Crippen molar-refractivity contribution in [3.63, 3.8) is 0 Å². The van der Waals surface area contributed by atoms with Crippen LogP contribution in [-0.2, 0) is 14.7 Å². The van der Waals surface area contributed by atoms with Gasteiger partial charge in [0, 0.05) is 5.41 Å². The number of benzene rings is 1. The van der Waals surface area contributed by atoms with E-state index in [4.69, 9.17) is 13.8 Å². The predicted octanol–water partition coefficient (Wildman–Crippen LogP) is 3.22. The van der Waals surface area contributed by atoms with Crippen molar-refractivity contribution in [3.05, 3.63) is 41.0 Å². The van der Waals surface area contributed by atoms with Crippen LogP contribution in [0, 0.1) is 6.92 Å². The van der Waals surface area contributed by atoms with Gasteiger partial charge in [-0.1, -0.05) is 30.3 Å². The van der Waals surface area contributed by atoms with E-state index >= 15 is 0 Å². The SMILES string of the molecule is Cc1cc(B2OC(C)(C)C(C)(C)O2)ccc1C(C)NC(=O)c1nc(C2(C)CC2)no1. The van der Waals surface area contributed by atoms with Gasteiger partial charge in [-0.25, -0.2) is 0 Å². The van der Waals surface area contributed by atoms with E-state index in [0.29, 0.717) is 5.82 Å². The Morgan fingerprint density at radius 2 is 1.77 bits per heavy atom. The van der Waals surface area contributed by atoms with E-state index in [1.165, 1.54) is 0 Å². The van der Waals surface area contributed by atoms with Crippen molar-refractivity contribution in [1.29, 1.82) is 0 Å². The molecule has 2 heterocycles. The molecule has 1 aliphatic heterocycles. The Bertz CT molecular complexity index is 965. The van der Waals surface area contributed by atoms with Crippen LogP contribution in [0.5, 0.6) is 0 Å². The Kier molecular flexibility index (Phi) is 4.86. The normalized spacial score (nSPS) is 22.0. The monoisotopic (exact) mass is 411 g/mol. The maximum Gasteiger partial charge on any atom is 0.494 e. The Morgan fingerprint density at radius 1 is 1.13 bits per heavy atom. The van der Waals surface area contributed by atoms with E-state index < -0.39 is 7.12 Å². The Labute approximate surface area is 178 Å². The number of carbonyl (C=O) groups excluding carboxylic acids is 1. The first-order valence-electron chi connectivity index (χ1n) is 10.5. The number of nitrogens with zero attached hydrogens (tertiary/aromatic N) is 2. The van der Waals surface area contributed by atoms with Crippen molar-refractivity contribution in [3.8, 4) is 0 Å². The minimum Gasteiger partial charge on any atom is -0.399 e. The third kappa shape index (κ3) is 3.67. The van der Waals surface area contributed by atoms with Crippen LogP contribution in [0.1, 0.15) is 88.1 Å². The summed E-state index contributed by atoms with van der Waals surface area (Å²) in [5, 5.41) is 6.93. The van der Waals surface area contributed by atoms with Gasteiger partial charge >= 0.3 is 18.9 Å². The van der Waals surface area contributed by atoms with E-state index in [1.54, 1.807) is 0 Å². The minimum absolute atomic E-state index is 0.0106. The fraction of sp³-hybridized carbons (Fsp3) is 0.591. The molecule has 160 valence electrons. The molecule has 2 aromatic rings. The van der Waals surface area contributed by atoms with Gasteiger partial charge in [0.05, 0.1) is 17.2 Å². The van der Waals surface area contributed by atoms with Gasteiger partial charge in [0.2, 0.25) is 0 Å². The largest absolute Gasteiger partial charge is 0.494 e. The Hall–Kier alpha value is -2.19. The van der Waals surface area contributed by atoms with Gasteiger partial charge in [0.15, 0.2) is 5.82 Å². The van der Waals surface area contributed by atoms with Crippen LogP contribution >= 0.6 is 0 Å². The maximum absolute atomic E-state index is 12.6. The zero-order chi connectivity index (χ0) is 21.9. The lowest BCUT2D eigenvalue weighted by molar-refractivity contribution is 0.00578. The van der Waals surface area contributed by atoms with Crippen LogP contribution in [0.15, 0.2) is 22.7 Å². The van der Waals surface area contributed by atoms with Crippen LogP contribution in [0.25, 0.3) is 0 Å². The first kappa shape index (κ1) is 21.1. The highest BCUT2D eigenvalue weighted by Crippen LogP contribution is 2.46. The average molecular weight is 411 g/mol. The van der Waals surface area contributed by atoms with Crippen LogP contribution < -0.4 is 10.8 Å². The number of hydrogen-bond acceptors (Lipinski definition) is 6. The molecular weight excluding hydrogens is 381 g/mol. The molecule has 2 aliphatic rings. The lowest BCUT2D eigenvalue weighted by Gasteiger charge is -2.32. The fourth-order valence-corrected chi connectivity index (χ4v) is 3.62. The van der Waals surface area contributed by atoms with Crippen LogP contribution in [0.3, 0.4) is 0 Å². The molecule has 1 unspecified atom stereocenters. The summed E-state index contributed by atoms with van der Waals surface area (Å²) in [7, 11) is -0.409. The fourth-order valence-electron chi connectivity index (χ4n) is 3.62. The van der Waals surface area contributed by atoms with Crippen molar-refractivity contribution < 1.29 is 18.6 Å². The second kappa shape index (κ2) is 6.92. The summed E-state index contributed by atoms with van der Waals surface area (Å²) in [6.45, 7) is 14.2. The van der Waals surface area contributed by atoms with E-state index in [-0.39, 0.29) is 34.5 Å². The highest BCUT2D eigenvalue weighted by atomic mass is 16.7. The number of rotatable bonds is 5. The molecule has 1 N–H and O–H groups in total. The number of aromatic nitrogens is 2. The summed E-state index contributed by atoms with van der Waals surface area (Å²) in [6.07, 6.45) is 2.05. The Morgan fingerprint density at radius 3 is 2.33 bits per heavy atom. The number of hydrogen-bond donors (Lipinski definition) is 1. The van der Waals surface area contributed by atoms with E-state index in [9.17, 15) is 4.79 Å². The van der Waals surface area contributed by atoms with Crippen molar-refractivity contribution in [2.45, 2.75) is 84.0 Å². The molecular formula is C22H30BN3O4. The highest BCUT2D eigenvalue weighted by Gasteiger charge is 2.51. The van der Waals surface area contributed by atoms with Gasteiger partial charge in [0.25, 0.3) is 0 Å². The first-order valence-corrected chi connectivity index (χ1v) is 10.5. The highest BCUT2D eigenvalue weighted by molar-refractivity contribution is 6.62. The molecule has 0 radical (unpaired) electrons. The number of aryl methyl sites for hydroxylation is 1. The molecule has 1 aromatic carbocycles. The summed E-state index contributed by atoms with van der Waals surface area (Å²) in [4.78, 5) is 16.9. The second-order valence-electron chi connectivity index (χ2n) is 9.88. The van der Waals surface area contributed by atoms with Crippen molar-refractivity contribution in [2.24, 2.45) is 0 Å². The topological polar surface area (TPSA) is 86.5 Å². The predicted molar refractivity (Wildman–Crippen MR) is 114 cm³/mol. The molecule has 0 bridgehead atoms. The van der Waals surface area contributed by atoms with Crippen LogP contribution in [0.2, 0.25) is 0 Å². The molecule has 1 aromatic heterocycles. The van der Waals surface area contributed by atoms with Gasteiger partial charge in [-0.2, -0.15) is 4.98 Å². The molecule has 4 rings (SSSR count). The van der Waals surface area contributed by atoms with Crippen molar-refractivity contribution in [2.75, 3.05) is 0 Å². The molecule has 1 aliphatic carbocycles. The lowest BCUT2D eigenvalue weighted by atomic mass is 9.77. The molecule has 7 nitrogen and oxygen atoms in total. The van der Waals surface area contributed by atoms with E-state index in [2.05, 4.69) is 28.4 Å². The molecule has 1 saturated heterocycles. The Balaban J connectivity index is 1.45. The van der Waals surface area contributed by atoms with Gasteiger partial charge in [-0.3, -0.25) is 4.79 Å². The summed E-state index contributed by atoms with van der Waals surface area (Å²) >= 11 is 0. The lowest BCUT2D eigenvalue weighted by Crippen LogP contribution is -2.41. The number of nitrogens with one attached hydrogen (secondary N) is 1. The molecule has 30 heavy (non-hydrogen) atoms. The second-order valence-corrected chi connectivity index (χ2v) is 9.88. The van der Waals surface area contributed by atoms with Crippen LogP contribution in [0.4, 0.5) is 0 Å². The standard InChI is InChI=1S/C22H30BN3O4/c1-13-12-15(23-29-20(3,4)21(5,6)30-23)8-9-16(13)14(2)24-17(27)18-25-19(26-28-18)22(7)10-11-22/h8-9,12,14H,10-11H2,1-7H3,(H,24,27). The van der Waals surface area contributed by atoms with Crippen LogP contribution in [-0.4, -0.2) is 34.4 Å². The first-order chi connectivity index (χ1) is 13.9. The molecule has 1 saturated carbocycles. The van der Waals surface area contributed by atoms with Crippen molar-refractivity contribution in [1.82, 2.24) is 15.5 Å². The molecule has 1 atom stereocenters. The molecule has 8 heteroatoms. The zero-order valence-corrected chi connectivity index (χ0v) is 18.8. The van der Waals surface area contributed by atoms with Gasteiger partial charge in [-0.05, 0) is 71.0 Å². The average Bonchev–Trinajstić information content (AvgIpc) is 3.12. The number of amides is 1. The molecule has 2 fully saturated rings. The summed E-state index contributed by atoms with van der Waals surface area (Å²) in [5.41, 5.74) is 2.22. The number of carbonyl (C=O) groups is 1. The maximum atomic E-state index is 12.6. The summed E-state index contributed by atoms with van der Waals surface area (Å²) in [6, 6.07) is 5.84. The third-order valence-corrected chi connectivity index (χ3v) is 6.79. The van der Waals surface area contributed by atoms with Gasteiger partial charge in [0.1, 0.15) is 0 Å². The van der Waals surface area contributed by atoms with E-state index in [1.807, 2.05) is 53.7 Å². The summed E-state index contributed by atoms with van der Waals surface area (Å²) < 4.78 is 17.5. The third-order valence-electron chi connectivity index (χ3n) is 6.79. The zero-order valence-electron chi connectivity index (χ0n) is 18.8. The minimum atomic E-state index is -0.409. The molecule has 0 spiro atoms. The van der Waals surface area contributed by atoms with Gasteiger partial charge in [-0.15, -0.1) is 0 Å². The van der Waals surface area contributed by atoms with E-state index in [0.717, 1.165) is 29.4 Å². The summed E-state index contributed by atoms with van der Waals surface area (Å²) in [5.74, 6) is 0.264. The smallest absolute Gasteiger partial charge is 0.399 e. The van der Waals surface area contributed by atoms with Crippen molar-refractivity contribution >= 4 is 18.5 Å².